The Bertz CT molecular complexity index is 625. The van der Waals surface area contributed by atoms with Gasteiger partial charge in [0.15, 0.2) is 0 Å². The third-order valence-corrected chi connectivity index (χ3v) is 2.78. The Morgan fingerprint density at radius 1 is 1.15 bits per heavy atom. The summed E-state index contributed by atoms with van der Waals surface area (Å²) < 4.78 is 51.1. The fourth-order valence-electron chi connectivity index (χ4n) is 1.81. The van der Waals surface area contributed by atoms with Crippen LogP contribution in [0.2, 0.25) is 0 Å². The highest BCUT2D eigenvalue weighted by atomic mass is 19.4. The minimum absolute atomic E-state index is 0.170. The molecule has 1 aromatic carbocycles. The van der Waals surface area contributed by atoms with Crippen LogP contribution in [0.3, 0.4) is 0 Å². The molecule has 0 spiro atoms. The van der Waals surface area contributed by atoms with Crippen molar-refractivity contribution in [1.82, 2.24) is 4.98 Å². The van der Waals surface area contributed by atoms with E-state index in [9.17, 15) is 22.7 Å². The number of nitrogens with zero attached hydrogens (tertiary/aromatic N) is 1. The van der Waals surface area contributed by atoms with Crippen LogP contribution in [0.4, 0.5) is 17.6 Å². The molecule has 1 heterocycles. The van der Waals surface area contributed by atoms with Crippen LogP contribution < -0.4 is 0 Å². The molecule has 0 saturated carbocycles. The van der Waals surface area contributed by atoms with Crippen molar-refractivity contribution in [3.05, 3.63) is 64.7 Å². The quantitative estimate of drug-likeness (QED) is 0.855. The molecule has 1 N–H and O–H groups in total. The molecule has 1 atom stereocenters. The van der Waals surface area contributed by atoms with E-state index in [2.05, 4.69) is 4.98 Å². The van der Waals surface area contributed by atoms with Crippen molar-refractivity contribution < 1.29 is 22.7 Å². The second-order valence-corrected chi connectivity index (χ2v) is 4.43. The zero-order valence-corrected chi connectivity index (χ0v) is 10.4. The molecule has 0 radical (unpaired) electrons. The molecule has 2 rings (SSSR count). The highest BCUT2D eigenvalue weighted by Crippen LogP contribution is 2.32. The number of hydrogen-bond acceptors (Lipinski definition) is 2. The van der Waals surface area contributed by atoms with Crippen molar-refractivity contribution in [3.63, 3.8) is 0 Å². The Kier molecular flexibility index (Phi) is 3.76. The molecule has 1 aromatic heterocycles. The highest BCUT2D eigenvalue weighted by molar-refractivity contribution is 5.33. The molecule has 0 aliphatic rings. The summed E-state index contributed by atoms with van der Waals surface area (Å²) in [4.78, 5) is 3.88. The van der Waals surface area contributed by atoms with Gasteiger partial charge in [0.05, 0.1) is 11.3 Å². The van der Waals surface area contributed by atoms with E-state index in [4.69, 9.17) is 0 Å². The predicted octanol–water partition coefficient (Wildman–Crippen LogP) is 3.63. The predicted molar refractivity (Wildman–Crippen MR) is 64.4 cm³/mol. The summed E-state index contributed by atoms with van der Waals surface area (Å²) in [6, 6.07) is 5.19. The van der Waals surface area contributed by atoms with Gasteiger partial charge in [0.25, 0.3) is 0 Å². The molecule has 0 saturated heterocycles. The summed E-state index contributed by atoms with van der Waals surface area (Å²) in [6.07, 6.45) is -4.65. The van der Waals surface area contributed by atoms with Gasteiger partial charge in [-0.2, -0.15) is 13.2 Å². The van der Waals surface area contributed by atoms with Gasteiger partial charge < -0.3 is 5.11 Å². The molecule has 0 aliphatic heterocycles. The van der Waals surface area contributed by atoms with Gasteiger partial charge in [-0.25, -0.2) is 4.39 Å². The summed E-state index contributed by atoms with van der Waals surface area (Å²) in [7, 11) is 0. The smallest absolute Gasteiger partial charge is 0.382 e. The summed E-state index contributed by atoms with van der Waals surface area (Å²) in [5, 5.41) is 10.0. The minimum atomic E-state index is -4.67. The van der Waals surface area contributed by atoms with E-state index >= 15 is 0 Å². The molecule has 20 heavy (non-hydrogen) atoms. The maximum Gasteiger partial charge on any atom is 0.416 e. The molecule has 2 aromatic rings. The van der Waals surface area contributed by atoms with Crippen LogP contribution in [0.25, 0.3) is 0 Å². The molecule has 0 bridgehead atoms. The van der Waals surface area contributed by atoms with Crippen molar-refractivity contribution in [3.8, 4) is 0 Å². The largest absolute Gasteiger partial charge is 0.416 e. The lowest BCUT2D eigenvalue weighted by atomic mass is 10.0. The summed E-state index contributed by atoms with van der Waals surface area (Å²) in [6.45, 7) is 1.75. The molecule has 6 heteroatoms. The Labute approximate surface area is 112 Å². The van der Waals surface area contributed by atoms with E-state index in [1.807, 2.05) is 0 Å². The van der Waals surface area contributed by atoms with Gasteiger partial charge in [-0.05, 0) is 48.4 Å². The molecule has 0 amide bonds. The van der Waals surface area contributed by atoms with Crippen LogP contribution in [0, 0.1) is 12.7 Å². The number of aliphatic hydroxyl groups is 1. The van der Waals surface area contributed by atoms with E-state index in [1.54, 1.807) is 13.0 Å². The van der Waals surface area contributed by atoms with Gasteiger partial charge in [-0.15, -0.1) is 0 Å². The minimum Gasteiger partial charge on any atom is -0.382 e. The Balaban J connectivity index is 2.45. The van der Waals surface area contributed by atoms with Gasteiger partial charge >= 0.3 is 6.18 Å². The first-order valence-electron chi connectivity index (χ1n) is 5.75. The van der Waals surface area contributed by atoms with Crippen molar-refractivity contribution in [1.29, 1.82) is 0 Å². The molecule has 106 valence electrons. The molecule has 0 fully saturated rings. The second kappa shape index (κ2) is 5.20. The lowest BCUT2D eigenvalue weighted by Gasteiger charge is -2.14. The fraction of sp³-hybridized carbons (Fsp3) is 0.214. The summed E-state index contributed by atoms with van der Waals surface area (Å²) in [5.74, 6) is -1.05. The average Bonchev–Trinajstić information content (AvgIpc) is 2.36. The van der Waals surface area contributed by atoms with Crippen molar-refractivity contribution >= 4 is 0 Å². The van der Waals surface area contributed by atoms with Gasteiger partial charge in [-0.1, -0.05) is 0 Å². The molecular formula is C14H11F4NO. The first-order chi connectivity index (χ1) is 9.27. The van der Waals surface area contributed by atoms with Crippen LogP contribution in [0.5, 0.6) is 0 Å². The van der Waals surface area contributed by atoms with Gasteiger partial charge in [0.2, 0.25) is 0 Å². The number of benzene rings is 1. The third-order valence-electron chi connectivity index (χ3n) is 2.78. The molecule has 2 nitrogen and oxygen atoms in total. The van der Waals surface area contributed by atoms with Gasteiger partial charge in [0.1, 0.15) is 11.9 Å². The lowest BCUT2D eigenvalue weighted by molar-refractivity contribution is -0.137. The standard InChI is InChI=1S/C14H11F4NO/c1-8-2-3-19-12(4-8)13(20)9-5-10(14(16,17)18)7-11(15)6-9/h2-7,13,20H,1H3. The van der Waals surface area contributed by atoms with E-state index in [0.717, 1.165) is 17.7 Å². The lowest BCUT2D eigenvalue weighted by Crippen LogP contribution is -2.09. The number of alkyl halides is 3. The van der Waals surface area contributed by atoms with E-state index < -0.39 is 23.7 Å². The molecular weight excluding hydrogens is 274 g/mol. The number of pyridine rings is 1. The maximum absolute atomic E-state index is 13.3. The van der Waals surface area contributed by atoms with Gasteiger partial charge in [-0.3, -0.25) is 4.98 Å². The van der Waals surface area contributed by atoms with Crippen LogP contribution in [0.1, 0.15) is 28.5 Å². The van der Waals surface area contributed by atoms with Crippen molar-refractivity contribution in [2.45, 2.75) is 19.2 Å². The number of rotatable bonds is 2. The SMILES string of the molecule is Cc1ccnc(C(O)c2cc(F)cc(C(F)(F)F)c2)c1. The van der Waals surface area contributed by atoms with Crippen molar-refractivity contribution in [2.24, 2.45) is 0 Å². The number of halogens is 4. The van der Waals surface area contributed by atoms with E-state index in [0.29, 0.717) is 6.07 Å². The normalized spacial score (nSPS) is 13.3. The zero-order chi connectivity index (χ0) is 14.9. The van der Waals surface area contributed by atoms with Crippen molar-refractivity contribution in [2.75, 3.05) is 0 Å². The number of aromatic nitrogens is 1. The topological polar surface area (TPSA) is 33.1 Å². The van der Waals surface area contributed by atoms with Crippen LogP contribution in [0.15, 0.2) is 36.5 Å². The number of aliphatic hydroxyl groups excluding tert-OH is 1. The molecule has 1 unspecified atom stereocenters. The fourth-order valence-corrected chi connectivity index (χ4v) is 1.81. The highest BCUT2D eigenvalue weighted by Gasteiger charge is 2.32. The average molecular weight is 285 g/mol. The Hall–Kier alpha value is -1.95. The maximum atomic E-state index is 13.3. The zero-order valence-electron chi connectivity index (χ0n) is 10.4. The Morgan fingerprint density at radius 3 is 2.45 bits per heavy atom. The monoisotopic (exact) mass is 285 g/mol. The van der Waals surface area contributed by atoms with E-state index in [1.165, 1.54) is 12.3 Å². The first-order valence-corrected chi connectivity index (χ1v) is 5.75. The summed E-state index contributed by atoms with van der Waals surface area (Å²) >= 11 is 0. The van der Waals surface area contributed by atoms with Crippen LogP contribution >= 0.6 is 0 Å². The van der Waals surface area contributed by atoms with Crippen LogP contribution in [-0.2, 0) is 6.18 Å². The van der Waals surface area contributed by atoms with Crippen LogP contribution in [-0.4, -0.2) is 10.1 Å². The van der Waals surface area contributed by atoms with Gasteiger partial charge in [0, 0.05) is 6.20 Å². The first kappa shape index (κ1) is 14.5. The number of hydrogen-bond donors (Lipinski definition) is 1. The number of aryl methyl sites for hydroxylation is 1. The molecule has 0 aliphatic carbocycles. The third kappa shape index (κ3) is 3.14. The second-order valence-electron chi connectivity index (χ2n) is 4.43. The van der Waals surface area contributed by atoms with E-state index in [-0.39, 0.29) is 11.3 Å². The Morgan fingerprint density at radius 2 is 1.85 bits per heavy atom. The summed E-state index contributed by atoms with van der Waals surface area (Å²) in [5.41, 5.74) is -0.361.